The van der Waals surface area contributed by atoms with Crippen molar-refractivity contribution >= 4 is 30.2 Å². The summed E-state index contributed by atoms with van der Waals surface area (Å²) >= 11 is 1.55. The minimum absolute atomic E-state index is 0.116. The van der Waals surface area contributed by atoms with Crippen LogP contribution in [-0.2, 0) is 28.4 Å². The molecule has 1 saturated heterocycles. The van der Waals surface area contributed by atoms with Crippen LogP contribution in [0.2, 0.25) is 0 Å². The predicted octanol–water partition coefficient (Wildman–Crippen LogP) is 5.22. The minimum Gasteiger partial charge on any atom is -0.359 e. The number of thioether (sulfide) groups is 1. The number of amides is 1. The van der Waals surface area contributed by atoms with E-state index in [1.165, 1.54) is 32.1 Å². The summed E-state index contributed by atoms with van der Waals surface area (Å²) in [4.78, 5) is 40.3. The zero-order chi connectivity index (χ0) is 27.3. The van der Waals surface area contributed by atoms with Crippen LogP contribution in [0.25, 0.3) is 0 Å². The molecule has 1 aliphatic rings. The molecule has 0 saturated carbocycles. The summed E-state index contributed by atoms with van der Waals surface area (Å²) < 4.78 is 15.0. The number of halogens is 1. The molecule has 1 aliphatic heterocycles. The first kappa shape index (κ1) is 30.0. The summed E-state index contributed by atoms with van der Waals surface area (Å²) in [5.74, 6) is 0.278. The highest BCUT2D eigenvalue weighted by Crippen LogP contribution is 2.30. The molecule has 1 N–H and O–H groups in total. The Bertz CT molecular complexity index is 1070. The molecule has 1 amide bonds. The van der Waals surface area contributed by atoms with Gasteiger partial charge in [0.2, 0.25) is 5.91 Å². The highest BCUT2D eigenvalue weighted by atomic mass is 32.2. The maximum Gasteiger partial charge on any atom is 0.219 e. The molecule has 38 heavy (non-hydrogen) atoms. The van der Waals surface area contributed by atoms with Crippen molar-refractivity contribution < 1.29 is 18.8 Å². The number of hydrogen-bond donors (Lipinski definition) is 1. The van der Waals surface area contributed by atoms with E-state index in [0.717, 1.165) is 47.2 Å². The van der Waals surface area contributed by atoms with Crippen LogP contribution >= 0.6 is 11.8 Å². The maximum absolute atomic E-state index is 15.0. The molecule has 1 heterocycles. The van der Waals surface area contributed by atoms with E-state index >= 15 is 4.39 Å². The topological polar surface area (TPSA) is 69.7 Å². The van der Waals surface area contributed by atoms with Crippen LogP contribution in [-0.4, -0.2) is 61.5 Å². The van der Waals surface area contributed by atoms with Crippen LogP contribution in [0, 0.1) is 5.82 Å². The monoisotopic (exact) mass is 541 g/mol. The molecular weight excluding hydrogens is 501 g/mol. The van der Waals surface area contributed by atoms with Gasteiger partial charge in [-0.3, -0.25) is 19.4 Å². The molecule has 1 unspecified atom stereocenters. The van der Waals surface area contributed by atoms with E-state index in [-0.39, 0.29) is 18.1 Å². The molecule has 8 heteroatoms. The number of benzene rings is 2. The Hall–Kier alpha value is -2.55. The molecule has 0 bridgehead atoms. The van der Waals surface area contributed by atoms with Gasteiger partial charge in [-0.15, -0.1) is 11.8 Å². The summed E-state index contributed by atoms with van der Waals surface area (Å²) in [6, 6.07) is 10.6. The molecule has 1 fully saturated rings. The van der Waals surface area contributed by atoms with E-state index in [2.05, 4.69) is 10.2 Å². The number of carbonyl (C=O) groups is 3. The van der Waals surface area contributed by atoms with E-state index < -0.39 is 6.04 Å². The number of hydrogen-bond acceptors (Lipinski definition) is 6. The van der Waals surface area contributed by atoms with Crippen LogP contribution in [0.15, 0.2) is 41.3 Å². The van der Waals surface area contributed by atoms with E-state index in [1.807, 2.05) is 36.2 Å². The normalized spacial score (nSPS) is 15.5. The summed E-state index contributed by atoms with van der Waals surface area (Å²) in [6.07, 6.45) is 8.48. The maximum atomic E-state index is 15.0. The lowest BCUT2D eigenvalue weighted by Gasteiger charge is -2.25. The third-order valence-electron chi connectivity index (χ3n) is 7.23. The number of aldehydes is 2. The van der Waals surface area contributed by atoms with Crippen LogP contribution in [0.4, 0.5) is 4.39 Å². The standard InChI is InChI=1S/C30H40FN3O3S/c1-32-30(37)14-13-26(21-36)33(2)19-27-25(20-35)9-8-10-29(27)38-22-23-11-12-24(28(31)17-23)18-34-15-6-4-3-5-7-16-34/h8-12,17,20-21,26H,3-7,13-16,18-19,22H2,1-2H3,(H,32,37). The number of rotatable bonds is 13. The molecule has 0 aromatic heterocycles. The van der Waals surface area contributed by atoms with Gasteiger partial charge in [-0.1, -0.05) is 43.5 Å². The Morgan fingerprint density at radius 1 is 1.13 bits per heavy atom. The Morgan fingerprint density at radius 3 is 2.53 bits per heavy atom. The predicted molar refractivity (Wildman–Crippen MR) is 151 cm³/mol. The second-order valence-electron chi connectivity index (χ2n) is 10.0. The average Bonchev–Trinajstić information content (AvgIpc) is 2.90. The number of nitrogens with zero attached hydrogens (tertiary/aromatic N) is 2. The first-order chi connectivity index (χ1) is 18.4. The van der Waals surface area contributed by atoms with Gasteiger partial charge in [0.25, 0.3) is 0 Å². The fraction of sp³-hybridized carbons (Fsp3) is 0.500. The Labute approximate surface area is 230 Å². The lowest BCUT2D eigenvalue weighted by atomic mass is 10.1. The number of likely N-dealkylation sites (N-methyl/N-ethyl adjacent to an activating group) is 1. The van der Waals surface area contributed by atoms with Gasteiger partial charge in [0.1, 0.15) is 18.4 Å². The fourth-order valence-electron chi connectivity index (χ4n) is 4.84. The van der Waals surface area contributed by atoms with Crippen LogP contribution in [0.1, 0.15) is 72.0 Å². The number of nitrogens with one attached hydrogen (secondary N) is 1. The van der Waals surface area contributed by atoms with Gasteiger partial charge in [0.15, 0.2) is 0 Å². The van der Waals surface area contributed by atoms with E-state index in [4.69, 9.17) is 0 Å². The third kappa shape index (κ3) is 9.03. The number of likely N-dealkylation sites (tertiary alicyclic amines) is 1. The van der Waals surface area contributed by atoms with E-state index in [0.29, 0.717) is 30.8 Å². The highest BCUT2D eigenvalue weighted by Gasteiger charge is 2.19. The Balaban J connectivity index is 1.66. The molecule has 2 aromatic carbocycles. The summed E-state index contributed by atoms with van der Waals surface area (Å²) in [5, 5.41) is 2.57. The molecular formula is C30H40FN3O3S. The average molecular weight is 542 g/mol. The fourth-order valence-corrected chi connectivity index (χ4v) is 5.88. The van der Waals surface area contributed by atoms with Gasteiger partial charge in [-0.2, -0.15) is 0 Å². The molecule has 2 aromatic rings. The largest absolute Gasteiger partial charge is 0.359 e. The first-order valence-electron chi connectivity index (χ1n) is 13.5. The van der Waals surface area contributed by atoms with Gasteiger partial charge >= 0.3 is 0 Å². The van der Waals surface area contributed by atoms with Crippen molar-refractivity contribution in [2.24, 2.45) is 0 Å². The van der Waals surface area contributed by atoms with Gasteiger partial charge in [0, 0.05) is 48.3 Å². The third-order valence-corrected chi connectivity index (χ3v) is 8.40. The zero-order valence-corrected chi connectivity index (χ0v) is 23.4. The molecule has 206 valence electrons. The summed E-state index contributed by atoms with van der Waals surface area (Å²) in [7, 11) is 3.39. The SMILES string of the molecule is CNC(=O)CCC(C=O)N(C)Cc1c(C=O)cccc1SCc1ccc(CN2CCCCCCC2)c(F)c1. The van der Waals surface area contributed by atoms with Gasteiger partial charge < -0.3 is 10.1 Å². The number of carbonyl (C=O) groups excluding carboxylic acids is 3. The minimum atomic E-state index is -0.444. The summed E-state index contributed by atoms with van der Waals surface area (Å²) in [5.41, 5.74) is 3.01. The van der Waals surface area contributed by atoms with E-state index in [1.54, 1.807) is 30.9 Å². The van der Waals surface area contributed by atoms with Crippen molar-refractivity contribution in [1.82, 2.24) is 15.1 Å². The lowest BCUT2D eigenvalue weighted by molar-refractivity contribution is -0.121. The van der Waals surface area contributed by atoms with Crippen LogP contribution in [0.5, 0.6) is 0 Å². The second-order valence-corrected chi connectivity index (χ2v) is 11.0. The molecule has 3 rings (SSSR count). The molecule has 0 spiro atoms. The Morgan fingerprint density at radius 2 is 1.87 bits per heavy atom. The second kappa shape index (κ2) is 15.8. The molecule has 0 radical (unpaired) electrons. The van der Waals surface area contributed by atoms with Crippen molar-refractivity contribution in [2.75, 3.05) is 27.2 Å². The van der Waals surface area contributed by atoms with E-state index in [9.17, 15) is 14.4 Å². The van der Waals surface area contributed by atoms with Crippen molar-refractivity contribution in [3.8, 4) is 0 Å². The van der Waals surface area contributed by atoms with Crippen molar-refractivity contribution in [3.05, 3.63) is 64.5 Å². The summed E-state index contributed by atoms with van der Waals surface area (Å²) in [6.45, 7) is 3.09. The molecule has 0 aliphatic carbocycles. The first-order valence-corrected chi connectivity index (χ1v) is 14.5. The van der Waals surface area contributed by atoms with Crippen LogP contribution < -0.4 is 5.32 Å². The smallest absolute Gasteiger partial charge is 0.219 e. The Kier molecular flexibility index (Phi) is 12.4. The molecule has 1 atom stereocenters. The van der Waals surface area contributed by atoms with Crippen molar-refractivity contribution in [3.63, 3.8) is 0 Å². The zero-order valence-electron chi connectivity index (χ0n) is 22.6. The highest BCUT2D eigenvalue weighted by molar-refractivity contribution is 7.98. The molecule has 6 nitrogen and oxygen atoms in total. The lowest BCUT2D eigenvalue weighted by Crippen LogP contribution is -2.34. The van der Waals surface area contributed by atoms with Crippen molar-refractivity contribution in [1.29, 1.82) is 0 Å². The quantitative estimate of drug-likeness (QED) is 0.277. The van der Waals surface area contributed by atoms with Gasteiger partial charge in [-0.25, -0.2) is 4.39 Å². The van der Waals surface area contributed by atoms with Crippen molar-refractivity contribution in [2.45, 2.75) is 74.7 Å². The van der Waals surface area contributed by atoms with Crippen LogP contribution in [0.3, 0.4) is 0 Å². The van der Waals surface area contributed by atoms with Gasteiger partial charge in [0.05, 0.1) is 6.04 Å². The van der Waals surface area contributed by atoms with Gasteiger partial charge in [-0.05, 0) is 62.7 Å².